The second kappa shape index (κ2) is 5.41. The summed E-state index contributed by atoms with van der Waals surface area (Å²) in [5, 5.41) is 7.60. The highest BCUT2D eigenvalue weighted by Crippen LogP contribution is 2.15. The molecule has 1 saturated heterocycles. The predicted molar refractivity (Wildman–Crippen MR) is 61.0 cm³/mol. The van der Waals surface area contributed by atoms with Gasteiger partial charge in [-0.1, -0.05) is 0 Å². The van der Waals surface area contributed by atoms with Crippen LogP contribution in [0.3, 0.4) is 0 Å². The van der Waals surface area contributed by atoms with Crippen LogP contribution in [0.4, 0.5) is 0 Å². The van der Waals surface area contributed by atoms with Gasteiger partial charge in [0.05, 0.1) is 12.6 Å². The fourth-order valence-electron chi connectivity index (χ4n) is 2.07. The molecule has 0 radical (unpaired) electrons. The molecule has 5 heteroatoms. The van der Waals surface area contributed by atoms with Gasteiger partial charge >= 0.3 is 0 Å². The van der Waals surface area contributed by atoms with Gasteiger partial charge in [0, 0.05) is 19.2 Å². The maximum Gasteiger partial charge on any atom is 0.140 e. The molecule has 1 aliphatic heterocycles. The van der Waals surface area contributed by atoms with Crippen molar-refractivity contribution < 1.29 is 4.74 Å². The zero-order chi connectivity index (χ0) is 11.4. The zero-order valence-electron chi connectivity index (χ0n) is 10.0. The van der Waals surface area contributed by atoms with Crippen molar-refractivity contribution >= 4 is 0 Å². The molecule has 1 aromatic rings. The van der Waals surface area contributed by atoms with E-state index in [2.05, 4.69) is 29.2 Å². The Morgan fingerprint density at radius 2 is 2.56 bits per heavy atom. The van der Waals surface area contributed by atoms with Gasteiger partial charge in [0.15, 0.2) is 0 Å². The Morgan fingerprint density at radius 3 is 3.25 bits per heavy atom. The van der Waals surface area contributed by atoms with E-state index in [0.29, 0.717) is 12.1 Å². The Morgan fingerprint density at radius 1 is 1.69 bits per heavy atom. The first-order chi connectivity index (χ1) is 7.81. The van der Waals surface area contributed by atoms with Crippen LogP contribution in [0.25, 0.3) is 0 Å². The van der Waals surface area contributed by atoms with E-state index in [0.717, 1.165) is 31.9 Å². The fraction of sp³-hybridized carbons (Fsp3) is 0.818. The Balaban J connectivity index is 1.82. The van der Waals surface area contributed by atoms with Crippen molar-refractivity contribution in [3.8, 4) is 0 Å². The molecule has 16 heavy (non-hydrogen) atoms. The van der Waals surface area contributed by atoms with Crippen LogP contribution in [0.5, 0.6) is 0 Å². The summed E-state index contributed by atoms with van der Waals surface area (Å²) in [4.78, 5) is 4.23. The highest BCUT2D eigenvalue weighted by Gasteiger charge is 2.22. The molecule has 0 spiro atoms. The zero-order valence-corrected chi connectivity index (χ0v) is 10.0. The third-order valence-electron chi connectivity index (χ3n) is 3.10. The minimum atomic E-state index is 0.359. The number of nitrogens with one attached hydrogen (secondary N) is 1. The molecule has 2 atom stereocenters. The predicted octanol–water partition coefficient (Wildman–Crippen LogP) is 0.955. The van der Waals surface area contributed by atoms with Crippen molar-refractivity contribution in [2.75, 3.05) is 6.61 Å². The van der Waals surface area contributed by atoms with Gasteiger partial charge in [0.1, 0.15) is 12.2 Å². The molecule has 0 aromatic carbocycles. The van der Waals surface area contributed by atoms with Crippen LogP contribution in [-0.4, -0.2) is 33.5 Å². The molecule has 1 aliphatic rings. The average Bonchev–Trinajstić information content (AvgIpc) is 2.96. The SMILES string of the molecule is CCn1ncnc1CNC(C)C1CCCO1. The van der Waals surface area contributed by atoms with Gasteiger partial charge in [-0.25, -0.2) is 9.67 Å². The smallest absolute Gasteiger partial charge is 0.140 e. The van der Waals surface area contributed by atoms with Crippen molar-refractivity contribution in [3.63, 3.8) is 0 Å². The van der Waals surface area contributed by atoms with Crippen LogP contribution in [-0.2, 0) is 17.8 Å². The van der Waals surface area contributed by atoms with Crippen molar-refractivity contribution in [2.24, 2.45) is 0 Å². The molecule has 1 N–H and O–H groups in total. The Bertz CT molecular complexity index is 320. The number of ether oxygens (including phenoxy) is 1. The van der Waals surface area contributed by atoms with Crippen molar-refractivity contribution in [1.29, 1.82) is 0 Å². The second-order valence-corrected chi connectivity index (χ2v) is 4.21. The molecular formula is C11H20N4O. The maximum atomic E-state index is 5.64. The topological polar surface area (TPSA) is 52.0 Å². The highest BCUT2D eigenvalue weighted by molar-refractivity contribution is 4.86. The van der Waals surface area contributed by atoms with E-state index >= 15 is 0 Å². The maximum absolute atomic E-state index is 5.64. The van der Waals surface area contributed by atoms with E-state index < -0.39 is 0 Å². The summed E-state index contributed by atoms with van der Waals surface area (Å²) in [7, 11) is 0. The minimum absolute atomic E-state index is 0.359. The number of hydrogen-bond donors (Lipinski definition) is 1. The lowest BCUT2D eigenvalue weighted by molar-refractivity contribution is 0.0828. The van der Waals surface area contributed by atoms with Crippen LogP contribution >= 0.6 is 0 Å². The quantitative estimate of drug-likeness (QED) is 0.809. The van der Waals surface area contributed by atoms with Gasteiger partial charge in [0.2, 0.25) is 0 Å². The summed E-state index contributed by atoms with van der Waals surface area (Å²) in [5.74, 6) is 0.993. The van der Waals surface area contributed by atoms with Crippen LogP contribution in [0, 0.1) is 0 Å². The van der Waals surface area contributed by atoms with Gasteiger partial charge < -0.3 is 10.1 Å². The van der Waals surface area contributed by atoms with Crippen molar-refractivity contribution in [3.05, 3.63) is 12.2 Å². The molecule has 0 saturated carbocycles. The van der Waals surface area contributed by atoms with E-state index in [9.17, 15) is 0 Å². The van der Waals surface area contributed by atoms with Crippen LogP contribution < -0.4 is 5.32 Å². The summed E-state index contributed by atoms with van der Waals surface area (Å²) in [6.45, 7) is 6.77. The molecule has 1 aromatic heterocycles. The van der Waals surface area contributed by atoms with Crippen LogP contribution in [0.2, 0.25) is 0 Å². The van der Waals surface area contributed by atoms with Crippen LogP contribution in [0.1, 0.15) is 32.5 Å². The molecule has 2 rings (SSSR count). The summed E-state index contributed by atoms with van der Waals surface area (Å²) in [6, 6.07) is 0.379. The largest absolute Gasteiger partial charge is 0.377 e. The lowest BCUT2D eigenvalue weighted by Crippen LogP contribution is -2.37. The summed E-state index contributed by atoms with van der Waals surface area (Å²) < 4.78 is 7.55. The Labute approximate surface area is 96.2 Å². The van der Waals surface area contributed by atoms with Gasteiger partial charge in [0.25, 0.3) is 0 Å². The molecule has 0 amide bonds. The number of nitrogens with zero attached hydrogens (tertiary/aromatic N) is 3. The number of hydrogen-bond acceptors (Lipinski definition) is 4. The van der Waals surface area contributed by atoms with Gasteiger partial charge in [-0.15, -0.1) is 0 Å². The van der Waals surface area contributed by atoms with E-state index in [-0.39, 0.29) is 0 Å². The first-order valence-corrected chi connectivity index (χ1v) is 6.03. The first-order valence-electron chi connectivity index (χ1n) is 6.03. The van der Waals surface area contributed by atoms with E-state index in [1.807, 2.05) is 4.68 Å². The number of rotatable bonds is 5. The molecule has 2 unspecified atom stereocenters. The molecule has 90 valence electrons. The average molecular weight is 224 g/mol. The summed E-state index contributed by atoms with van der Waals surface area (Å²) in [6.07, 6.45) is 4.31. The lowest BCUT2D eigenvalue weighted by Gasteiger charge is -2.19. The minimum Gasteiger partial charge on any atom is -0.377 e. The lowest BCUT2D eigenvalue weighted by atomic mass is 10.1. The highest BCUT2D eigenvalue weighted by atomic mass is 16.5. The van der Waals surface area contributed by atoms with Gasteiger partial charge in [-0.2, -0.15) is 5.10 Å². The van der Waals surface area contributed by atoms with Crippen LogP contribution in [0.15, 0.2) is 6.33 Å². The number of aryl methyl sites for hydroxylation is 1. The molecule has 2 heterocycles. The van der Waals surface area contributed by atoms with Crippen molar-refractivity contribution in [1.82, 2.24) is 20.1 Å². The van der Waals surface area contributed by atoms with Gasteiger partial charge in [-0.3, -0.25) is 0 Å². The standard InChI is InChI=1S/C11H20N4O/c1-3-15-11(13-8-14-15)7-12-9(2)10-5-4-6-16-10/h8-10,12H,3-7H2,1-2H3. The molecule has 1 fully saturated rings. The second-order valence-electron chi connectivity index (χ2n) is 4.21. The Kier molecular flexibility index (Phi) is 3.90. The van der Waals surface area contributed by atoms with E-state index in [1.165, 1.54) is 6.42 Å². The molecule has 5 nitrogen and oxygen atoms in total. The molecule has 0 bridgehead atoms. The monoisotopic (exact) mass is 224 g/mol. The van der Waals surface area contributed by atoms with Crippen molar-refractivity contribution in [2.45, 2.75) is 51.9 Å². The Hall–Kier alpha value is -0.940. The molecule has 0 aliphatic carbocycles. The first kappa shape index (κ1) is 11.5. The third kappa shape index (κ3) is 2.59. The van der Waals surface area contributed by atoms with E-state index in [4.69, 9.17) is 4.74 Å². The number of aromatic nitrogens is 3. The third-order valence-corrected chi connectivity index (χ3v) is 3.10. The summed E-state index contributed by atoms with van der Waals surface area (Å²) >= 11 is 0. The van der Waals surface area contributed by atoms with E-state index in [1.54, 1.807) is 6.33 Å². The fourth-order valence-corrected chi connectivity index (χ4v) is 2.07. The normalized spacial score (nSPS) is 22.5. The summed E-state index contributed by atoms with van der Waals surface area (Å²) in [5.41, 5.74) is 0. The molecular weight excluding hydrogens is 204 g/mol. The van der Waals surface area contributed by atoms with Gasteiger partial charge in [-0.05, 0) is 26.7 Å².